The molecule has 0 radical (unpaired) electrons. The first-order chi connectivity index (χ1) is 11.5. The van der Waals surface area contributed by atoms with Crippen molar-refractivity contribution in [1.29, 1.82) is 0 Å². The van der Waals surface area contributed by atoms with Gasteiger partial charge in [0.25, 0.3) is 5.91 Å². The molecule has 0 aliphatic carbocycles. The van der Waals surface area contributed by atoms with Gasteiger partial charge in [-0.2, -0.15) is 0 Å². The van der Waals surface area contributed by atoms with Crippen LogP contribution in [-0.4, -0.2) is 5.91 Å². The number of carbonyl (C=O) groups is 1. The summed E-state index contributed by atoms with van der Waals surface area (Å²) in [6.07, 6.45) is 0. The third-order valence-corrected chi connectivity index (χ3v) is 4.34. The molecule has 0 bridgehead atoms. The van der Waals surface area contributed by atoms with Gasteiger partial charge in [-0.25, -0.2) is 4.39 Å². The lowest BCUT2D eigenvalue weighted by molar-refractivity contribution is 0.0937. The summed E-state index contributed by atoms with van der Waals surface area (Å²) in [4.78, 5) is 25.3. The Labute approximate surface area is 136 Å². The van der Waals surface area contributed by atoms with E-state index in [-0.39, 0.29) is 22.3 Å². The Hall–Kier alpha value is -2.95. The van der Waals surface area contributed by atoms with Crippen molar-refractivity contribution in [1.82, 2.24) is 5.32 Å². The van der Waals surface area contributed by atoms with Gasteiger partial charge < -0.3 is 9.73 Å². The molecule has 1 aliphatic rings. The number of benzene rings is 2. The van der Waals surface area contributed by atoms with Gasteiger partial charge in [0.1, 0.15) is 11.4 Å². The van der Waals surface area contributed by atoms with Crippen LogP contribution >= 0.6 is 0 Å². The highest BCUT2D eigenvalue weighted by Crippen LogP contribution is 2.32. The molecule has 4 rings (SSSR count). The maximum atomic E-state index is 14.2. The summed E-state index contributed by atoms with van der Waals surface area (Å²) in [6, 6.07) is 8.87. The Morgan fingerprint density at radius 1 is 1.12 bits per heavy atom. The van der Waals surface area contributed by atoms with E-state index in [2.05, 4.69) is 5.32 Å². The first-order valence-electron chi connectivity index (χ1n) is 7.60. The highest BCUT2D eigenvalue weighted by atomic mass is 19.1. The lowest BCUT2D eigenvalue weighted by Crippen LogP contribution is -2.22. The summed E-state index contributed by atoms with van der Waals surface area (Å²) in [6.45, 7) is 3.71. The first-order valence-corrected chi connectivity index (χ1v) is 7.60. The van der Waals surface area contributed by atoms with Gasteiger partial charge in [-0.05, 0) is 37.1 Å². The molecule has 1 N–H and O–H groups in total. The van der Waals surface area contributed by atoms with Crippen molar-refractivity contribution in [3.05, 3.63) is 80.5 Å². The van der Waals surface area contributed by atoms with E-state index in [0.29, 0.717) is 11.0 Å². The molecule has 1 amide bonds. The van der Waals surface area contributed by atoms with Gasteiger partial charge in [0.15, 0.2) is 5.43 Å². The summed E-state index contributed by atoms with van der Waals surface area (Å²) < 4.78 is 19.9. The van der Waals surface area contributed by atoms with Gasteiger partial charge in [-0.15, -0.1) is 0 Å². The zero-order valence-electron chi connectivity index (χ0n) is 13.1. The zero-order valence-corrected chi connectivity index (χ0v) is 13.1. The van der Waals surface area contributed by atoms with E-state index in [1.54, 1.807) is 24.3 Å². The molecule has 1 aromatic heterocycles. The summed E-state index contributed by atoms with van der Waals surface area (Å²) >= 11 is 0. The molecule has 0 spiro atoms. The third kappa shape index (κ3) is 1.98. The fourth-order valence-electron chi connectivity index (χ4n) is 3.31. The molecular weight excluding hydrogens is 309 g/mol. The highest BCUT2D eigenvalue weighted by Gasteiger charge is 2.37. The van der Waals surface area contributed by atoms with Crippen molar-refractivity contribution in [2.24, 2.45) is 0 Å². The van der Waals surface area contributed by atoms with Gasteiger partial charge in [0, 0.05) is 5.56 Å². The van der Waals surface area contributed by atoms with Crippen LogP contribution in [0.3, 0.4) is 0 Å². The summed E-state index contributed by atoms with van der Waals surface area (Å²) in [7, 11) is 0. The maximum absolute atomic E-state index is 14.2. The molecule has 2 aromatic carbocycles. The van der Waals surface area contributed by atoms with Crippen LogP contribution in [0.4, 0.5) is 4.39 Å². The van der Waals surface area contributed by atoms with E-state index < -0.39 is 17.8 Å². The van der Waals surface area contributed by atoms with Gasteiger partial charge in [-0.3, -0.25) is 9.59 Å². The second kappa shape index (κ2) is 5.03. The Balaban J connectivity index is 2.06. The molecule has 0 saturated carbocycles. The smallest absolute Gasteiger partial charge is 0.288 e. The second-order valence-corrected chi connectivity index (χ2v) is 6.06. The van der Waals surface area contributed by atoms with Crippen molar-refractivity contribution in [3.8, 4) is 0 Å². The highest BCUT2D eigenvalue weighted by molar-refractivity contribution is 5.99. The quantitative estimate of drug-likeness (QED) is 0.747. The van der Waals surface area contributed by atoms with E-state index in [0.717, 1.165) is 11.1 Å². The molecule has 5 heteroatoms. The van der Waals surface area contributed by atoms with Crippen LogP contribution in [0.5, 0.6) is 0 Å². The Bertz CT molecular complexity index is 1070. The van der Waals surface area contributed by atoms with E-state index in [4.69, 9.17) is 4.42 Å². The summed E-state index contributed by atoms with van der Waals surface area (Å²) in [5.41, 5.74) is 2.22. The second-order valence-electron chi connectivity index (χ2n) is 6.06. The van der Waals surface area contributed by atoms with Crippen LogP contribution in [0.25, 0.3) is 11.0 Å². The third-order valence-electron chi connectivity index (χ3n) is 4.34. The Morgan fingerprint density at radius 2 is 1.88 bits per heavy atom. The molecule has 120 valence electrons. The average Bonchev–Trinajstić information content (AvgIpc) is 2.86. The number of amides is 1. The number of halogens is 1. The van der Waals surface area contributed by atoms with E-state index in [1.807, 2.05) is 19.9 Å². The molecule has 24 heavy (non-hydrogen) atoms. The molecule has 2 heterocycles. The van der Waals surface area contributed by atoms with E-state index in [9.17, 15) is 14.0 Å². The number of fused-ring (bicyclic) bond motifs is 2. The summed E-state index contributed by atoms with van der Waals surface area (Å²) in [5, 5.41) is 3.06. The minimum absolute atomic E-state index is 0.0345. The molecular formula is C19H14FNO3. The van der Waals surface area contributed by atoms with Crippen molar-refractivity contribution in [3.63, 3.8) is 0 Å². The van der Waals surface area contributed by atoms with Crippen LogP contribution in [0.1, 0.15) is 38.9 Å². The average molecular weight is 323 g/mol. The van der Waals surface area contributed by atoms with Crippen LogP contribution in [0, 0.1) is 19.7 Å². The van der Waals surface area contributed by atoms with Crippen LogP contribution in [-0.2, 0) is 0 Å². The molecule has 0 saturated heterocycles. The standard InChI is InChI=1S/C19H14FNO3/c1-9-7-10(2)17-12(8-9)16(22)14-15(21-19(23)18(14)24-17)11-5-3-4-6-13(11)20/h3-8,15H,1-2H3,(H,21,23). The van der Waals surface area contributed by atoms with Crippen molar-refractivity contribution < 1.29 is 13.6 Å². The maximum Gasteiger partial charge on any atom is 0.288 e. The predicted octanol–water partition coefficient (Wildman–Crippen LogP) is 3.38. The van der Waals surface area contributed by atoms with E-state index >= 15 is 0 Å². The zero-order chi connectivity index (χ0) is 17.0. The van der Waals surface area contributed by atoms with Crippen molar-refractivity contribution >= 4 is 16.9 Å². The van der Waals surface area contributed by atoms with Gasteiger partial charge in [-0.1, -0.05) is 24.3 Å². The number of nitrogens with one attached hydrogen (secondary N) is 1. The number of aryl methyl sites for hydroxylation is 2. The van der Waals surface area contributed by atoms with Gasteiger partial charge >= 0.3 is 0 Å². The lowest BCUT2D eigenvalue weighted by atomic mass is 9.98. The largest absolute Gasteiger partial charge is 0.450 e. The van der Waals surface area contributed by atoms with E-state index in [1.165, 1.54) is 6.07 Å². The Morgan fingerprint density at radius 3 is 2.62 bits per heavy atom. The molecule has 4 nitrogen and oxygen atoms in total. The fraction of sp³-hybridized carbons (Fsp3) is 0.158. The minimum atomic E-state index is -0.838. The van der Waals surface area contributed by atoms with Crippen molar-refractivity contribution in [2.45, 2.75) is 19.9 Å². The molecule has 1 atom stereocenters. The fourth-order valence-corrected chi connectivity index (χ4v) is 3.31. The van der Waals surface area contributed by atoms with Gasteiger partial charge in [0.05, 0.1) is 17.0 Å². The Kier molecular flexibility index (Phi) is 3.06. The monoisotopic (exact) mass is 323 g/mol. The number of rotatable bonds is 1. The molecule has 0 fully saturated rings. The van der Waals surface area contributed by atoms with Crippen LogP contribution in [0.2, 0.25) is 0 Å². The van der Waals surface area contributed by atoms with Crippen molar-refractivity contribution in [2.75, 3.05) is 0 Å². The number of hydrogen-bond donors (Lipinski definition) is 1. The molecule has 3 aromatic rings. The SMILES string of the molecule is Cc1cc(C)c2oc3c(c(=O)c2c1)C(c1ccccc1F)NC3=O. The first kappa shape index (κ1) is 14.6. The minimum Gasteiger partial charge on any atom is -0.450 e. The predicted molar refractivity (Wildman–Crippen MR) is 87.7 cm³/mol. The normalized spacial score (nSPS) is 16.3. The molecule has 1 unspecified atom stereocenters. The summed E-state index contributed by atoms with van der Waals surface area (Å²) in [5.74, 6) is -1.01. The number of hydrogen-bond acceptors (Lipinski definition) is 3. The topological polar surface area (TPSA) is 59.3 Å². The van der Waals surface area contributed by atoms with Crippen LogP contribution in [0.15, 0.2) is 45.6 Å². The molecule has 1 aliphatic heterocycles. The van der Waals surface area contributed by atoms with Gasteiger partial charge in [0.2, 0.25) is 5.76 Å². The lowest BCUT2D eigenvalue weighted by Gasteiger charge is -2.12. The number of carbonyl (C=O) groups excluding carboxylic acids is 1. The van der Waals surface area contributed by atoms with Crippen LogP contribution < -0.4 is 10.7 Å².